The summed E-state index contributed by atoms with van der Waals surface area (Å²) < 4.78 is 11.1. The van der Waals surface area contributed by atoms with Crippen molar-refractivity contribution in [1.82, 2.24) is 0 Å². The van der Waals surface area contributed by atoms with Gasteiger partial charge in [0.25, 0.3) is 0 Å². The monoisotopic (exact) mass is 318 g/mol. The van der Waals surface area contributed by atoms with E-state index in [2.05, 4.69) is 0 Å². The Morgan fingerprint density at radius 2 is 2.05 bits per heavy atom. The Labute approximate surface area is 125 Å². The number of rotatable bonds is 4. The highest BCUT2D eigenvalue weighted by Gasteiger charge is 2.14. The zero-order chi connectivity index (χ0) is 14.0. The molecular formula is C13H12Cl2O3S. The first-order valence-corrected chi connectivity index (χ1v) is 7.26. The van der Waals surface area contributed by atoms with Crippen LogP contribution >= 0.6 is 34.5 Å². The van der Waals surface area contributed by atoms with Crippen molar-refractivity contribution in [2.75, 3.05) is 13.2 Å². The molecule has 0 radical (unpaired) electrons. The average molecular weight is 319 g/mol. The van der Waals surface area contributed by atoms with Gasteiger partial charge in [-0.05, 0) is 31.4 Å². The Bertz CT molecular complexity index is 622. The normalized spacial score (nSPS) is 10.7. The van der Waals surface area contributed by atoms with Crippen molar-refractivity contribution in [2.24, 2.45) is 0 Å². The molecule has 0 bridgehead atoms. The Balaban J connectivity index is 2.28. The van der Waals surface area contributed by atoms with E-state index in [0.717, 1.165) is 15.0 Å². The van der Waals surface area contributed by atoms with Gasteiger partial charge >= 0.3 is 5.97 Å². The van der Waals surface area contributed by atoms with Crippen LogP contribution in [-0.2, 0) is 9.53 Å². The molecule has 0 spiro atoms. The Hall–Kier alpha value is -0.970. The molecule has 0 N–H and O–H groups in total. The third kappa shape index (κ3) is 3.14. The number of benzene rings is 1. The van der Waals surface area contributed by atoms with Crippen LogP contribution in [0.4, 0.5) is 0 Å². The SMILES string of the molecule is CCOC(=O)COc1cc2cc(C)sc2c(Cl)c1Cl. The lowest BCUT2D eigenvalue weighted by Crippen LogP contribution is -2.14. The van der Waals surface area contributed by atoms with E-state index >= 15 is 0 Å². The van der Waals surface area contributed by atoms with Crippen molar-refractivity contribution in [2.45, 2.75) is 13.8 Å². The van der Waals surface area contributed by atoms with Crippen LogP contribution < -0.4 is 4.74 Å². The summed E-state index contributed by atoms with van der Waals surface area (Å²) in [5.41, 5.74) is 0. The predicted octanol–water partition coefficient (Wildman–Crippen LogP) is 4.46. The lowest BCUT2D eigenvalue weighted by Gasteiger charge is -2.09. The summed E-state index contributed by atoms with van der Waals surface area (Å²) in [7, 11) is 0. The second-order valence-electron chi connectivity index (χ2n) is 3.87. The molecule has 19 heavy (non-hydrogen) atoms. The number of ether oxygens (including phenoxy) is 2. The maximum atomic E-state index is 11.3. The molecule has 0 unspecified atom stereocenters. The summed E-state index contributed by atoms with van der Waals surface area (Å²) in [6, 6.07) is 3.78. The molecule has 0 aliphatic carbocycles. The van der Waals surface area contributed by atoms with Gasteiger partial charge in [0.05, 0.1) is 16.3 Å². The molecule has 0 fully saturated rings. The molecule has 0 saturated carbocycles. The fraction of sp³-hybridized carbons (Fsp3) is 0.308. The molecule has 0 amide bonds. The first-order chi connectivity index (χ1) is 9.02. The van der Waals surface area contributed by atoms with Crippen molar-refractivity contribution < 1.29 is 14.3 Å². The summed E-state index contributed by atoms with van der Waals surface area (Å²) in [5, 5.41) is 1.73. The van der Waals surface area contributed by atoms with Gasteiger partial charge in [-0.15, -0.1) is 11.3 Å². The summed E-state index contributed by atoms with van der Waals surface area (Å²) in [5.74, 6) is -0.0405. The molecule has 102 valence electrons. The van der Waals surface area contributed by atoms with Crippen molar-refractivity contribution in [3.05, 3.63) is 27.1 Å². The summed E-state index contributed by atoms with van der Waals surface area (Å²) in [6.45, 7) is 3.87. The first-order valence-electron chi connectivity index (χ1n) is 5.69. The molecule has 3 nitrogen and oxygen atoms in total. The minimum absolute atomic E-state index is 0.182. The van der Waals surface area contributed by atoms with Gasteiger partial charge < -0.3 is 9.47 Å². The van der Waals surface area contributed by atoms with Gasteiger partial charge in [-0.25, -0.2) is 4.79 Å². The zero-order valence-electron chi connectivity index (χ0n) is 10.5. The molecular weight excluding hydrogens is 307 g/mol. The minimum atomic E-state index is -0.434. The van der Waals surface area contributed by atoms with Crippen LogP contribution in [0.25, 0.3) is 10.1 Å². The number of halogens is 2. The van der Waals surface area contributed by atoms with E-state index < -0.39 is 5.97 Å². The van der Waals surface area contributed by atoms with Gasteiger partial charge in [-0.1, -0.05) is 23.2 Å². The fourth-order valence-corrected chi connectivity index (χ4v) is 3.18. The van der Waals surface area contributed by atoms with Crippen LogP contribution in [0.1, 0.15) is 11.8 Å². The number of hydrogen-bond acceptors (Lipinski definition) is 4. The van der Waals surface area contributed by atoms with Gasteiger partial charge in [0.2, 0.25) is 0 Å². The maximum Gasteiger partial charge on any atom is 0.344 e. The highest BCUT2D eigenvalue weighted by Crippen LogP contribution is 2.42. The van der Waals surface area contributed by atoms with Crippen LogP contribution in [0.5, 0.6) is 5.75 Å². The third-order valence-electron chi connectivity index (χ3n) is 2.43. The quantitative estimate of drug-likeness (QED) is 0.781. The second-order valence-corrected chi connectivity index (χ2v) is 5.88. The highest BCUT2D eigenvalue weighted by atomic mass is 35.5. The topological polar surface area (TPSA) is 35.5 Å². The van der Waals surface area contributed by atoms with Crippen LogP contribution in [-0.4, -0.2) is 19.2 Å². The van der Waals surface area contributed by atoms with Gasteiger partial charge in [0.15, 0.2) is 6.61 Å². The van der Waals surface area contributed by atoms with Crippen molar-refractivity contribution in [1.29, 1.82) is 0 Å². The van der Waals surface area contributed by atoms with E-state index in [1.54, 1.807) is 24.3 Å². The molecule has 0 saturated heterocycles. The number of fused-ring (bicyclic) bond motifs is 1. The van der Waals surface area contributed by atoms with Gasteiger partial charge in [-0.2, -0.15) is 0 Å². The van der Waals surface area contributed by atoms with E-state index in [1.807, 2.05) is 13.0 Å². The number of thiophene rings is 1. The Morgan fingerprint density at radius 1 is 1.32 bits per heavy atom. The molecule has 1 aromatic heterocycles. The Kier molecular flexibility index (Phi) is 4.55. The van der Waals surface area contributed by atoms with E-state index in [9.17, 15) is 4.79 Å². The summed E-state index contributed by atoms with van der Waals surface area (Å²) >= 11 is 13.9. The van der Waals surface area contributed by atoms with Crippen LogP contribution in [0.15, 0.2) is 12.1 Å². The third-order valence-corrected chi connectivity index (χ3v) is 4.48. The molecule has 0 aliphatic rings. The number of aryl methyl sites for hydroxylation is 1. The largest absolute Gasteiger partial charge is 0.480 e. The summed E-state index contributed by atoms with van der Waals surface area (Å²) in [4.78, 5) is 12.4. The molecule has 6 heteroatoms. The van der Waals surface area contributed by atoms with Gasteiger partial charge in [-0.3, -0.25) is 0 Å². The van der Waals surface area contributed by atoms with Crippen LogP contribution in [0, 0.1) is 6.92 Å². The molecule has 2 rings (SSSR count). The summed E-state index contributed by atoms with van der Waals surface area (Å²) in [6.07, 6.45) is 0. The standard InChI is InChI=1S/C13H12Cl2O3S/c1-3-17-10(16)6-18-9-5-8-4-7(2)19-13(8)12(15)11(9)14/h4-5H,3,6H2,1-2H3. The van der Waals surface area contributed by atoms with Crippen molar-refractivity contribution in [3.8, 4) is 5.75 Å². The maximum absolute atomic E-state index is 11.3. The van der Waals surface area contributed by atoms with E-state index in [-0.39, 0.29) is 6.61 Å². The Morgan fingerprint density at radius 3 is 2.74 bits per heavy atom. The molecule has 1 heterocycles. The molecule has 0 aliphatic heterocycles. The highest BCUT2D eigenvalue weighted by molar-refractivity contribution is 7.19. The van der Waals surface area contributed by atoms with Gasteiger partial charge in [0, 0.05) is 4.88 Å². The van der Waals surface area contributed by atoms with Crippen molar-refractivity contribution >= 4 is 50.6 Å². The predicted molar refractivity (Wildman–Crippen MR) is 78.7 cm³/mol. The van der Waals surface area contributed by atoms with Crippen LogP contribution in [0.3, 0.4) is 0 Å². The molecule has 0 atom stereocenters. The molecule has 2 aromatic rings. The van der Waals surface area contributed by atoms with Crippen molar-refractivity contribution in [3.63, 3.8) is 0 Å². The van der Waals surface area contributed by atoms with Crippen LogP contribution in [0.2, 0.25) is 10.0 Å². The van der Waals surface area contributed by atoms with Gasteiger partial charge in [0.1, 0.15) is 10.8 Å². The second kappa shape index (κ2) is 5.99. The first kappa shape index (κ1) is 14.4. The lowest BCUT2D eigenvalue weighted by molar-refractivity contribution is -0.145. The van der Waals surface area contributed by atoms with E-state index in [1.165, 1.54) is 0 Å². The molecule has 1 aromatic carbocycles. The minimum Gasteiger partial charge on any atom is -0.480 e. The fourth-order valence-electron chi connectivity index (χ4n) is 1.67. The van der Waals surface area contributed by atoms with E-state index in [0.29, 0.717) is 22.4 Å². The smallest absolute Gasteiger partial charge is 0.344 e. The van der Waals surface area contributed by atoms with E-state index in [4.69, 9.17) is 32.7 Å². The number of carbonyl (C=O) groups excluding carboxylic acids is 1. The number of carbonyl (C=O) groups is 1. The average Bonchev–Trinajstić information content (AvgIpc) is 2.73. The lowest BCUT2D eigenvalue weighted by atomic mass is 10.2. The number of esters is 1. The number of hydrogen-bond donors (Lipinski definition) is 0. The zero-order valence-corrected chi connectivity index (χ0v) is 12.8.